The average Bonchev–Trinajstić information content (AvgIpc) is 3.17. The van der Waals surface area contributed by atoms with Crippen LogP contribution in [0.3, 0.4) is 0 Å². The summed E-state index contributed by atoms with van der Waals surface area (Å²) < 4.78 is 2.09. The fourth-order valence-corrected chi connectivity index (χ4v) is 4.03. The Balaban J connectivity index is 1.72. The number of benzene rings is 3. The standard InChI is InChI=1S/C23H17ClN4S/c1-16-4-2-3-5-21(16)28-22(19-10-12-20(24)13-11-19)26-27-23(28)29-15-18-8-6-17(14-25)7-9-18/h2-13H,15H2,1H3. The fraction of sp³-hybridized carbons (Fsp3) is 0.0870. The van der Waals surface area contributed by atoms with Crippen molar-refractivity contribution in [2.24, 2.45) is 0 Å². The first kappa shape index (κ1) is 19.3. The number of nitriles is 1. The first-order valence-corrected chi connectivity index (χ1v) is 10.4. The summed E-state index contributed by atoms with van der Waals surface area (Å²) in [5, 5.41) is 19.4. The molecule has 0 saturated heterocycles. The van der Waals surface area contributed by atoms with Crippen LogP contribution in [0.4, 0.5) is 0 Å². The second-order valence-electron chi connectivity index (χ2n) is 6.53. The number of aryl methyl sites for hydroxylation is 1. The van der Waals surface area contributed by atoms with Crippen molar-refractivity contribution in [3.8, 4) is 23.1 Å². The van der Waals surface area contributed by atoms with E-state index < -0.39 is 0 Å². The van der Waals surface area contributed by atoms with Crippen molar-refractivity contribution in [2.75, 3.05) is 0 Å². The third-order valence-electron chi connectivity index (χ3n) is 4.54. The summed E-state index contributed by atoms with van der Waals surface area (Å²) >= 11 is 7.67. The number of hydrogen-bond acceptors (Lipinski definition) is 4. The topological polar surface area (TPSA) is 54.5 Å². The van der Waals surface area contributed by atoms with Gasteiger partial charge in [-0.15, -0.1) is 10.2 Å². The van der Waals surface area contributed by atoms with Gasteiger partial charge in [-0.05, 0) is 60.5 Å². The summed E-state index contributed by atoms with van der Waals surface area (Å²) in [5.41, 5.74) is 4.93. The van der Waals surface area contributed by atoms with E-state index in [-0.39, 0.29) is 0 Å². The van der Waals surface area contributed by atoms with E-state index in [1.807, 2.05) is 60.7 Å². The lowest BCUT2D eigenvalue weighted by molar-refractivity contribution is 0.880. The van der Waals surface area contributed by atoms with Gasteiger partial charge in [-0.2, -0.15) is 5.26 Å². The third-order valence-corrected chi connectivity index (χ3v) is 5.80. The lowest BCUT2D eigenvalue weighted by Crippen LogP contribution is -2.02. The van der Waals surface area contributed by atoms with Crippen molar-refractivity contribution < 1.29 is 0 Å². The highest BCUT2D eigenvalue weighted by atomic mass is 35.5. The molecule has 1 aromatic heterocycles. The first-order valence-electron chi connectivity index (χ1n) is 9.05. The largest absolute Gasteiger partial charge is 0.270 e. The van der Waals surface area contributed by atoms with Crippen LogP contribution in [0.2, 0.25) is 5.02 Å². The van der Waals surface area contributed by atoms with Crippen molar-refractivity contribution in [1.82, 2.24) is 14.8 Å². The van der Waals surface area contributed by atoms with Crippen molar-refractivity contribution in [3.63, 3.8) is 0 Å². The monoisotopic (exact) mass is 416 g/mol. The van der Waals surface area contributed by atoms with Gasteiger partial charge < -0.3 is 0 Å². The number of hydrogen-bond donors (Lipinski definition) is 0. The molecule has 4 aromatic rings. The van der Waals surface area contributed by atoms with Crippen molar-refractivity contribution in [1.29, 1.82) is 5.26 Å². The molecule has 0 fully saturated rings. The summed E-state index contributed by atoms with van der Waals surface area (Å²) in [6, 6.07) is 25.6. The molecule has 4 rings (SSSR count). The van der Waals surface area contributed by atoms with Gasteiger partial charge in [-0.1, -0.05) is 53.7 Å². The lowest BCUT2D eigenvalue weighted by atomic mass is 10.1. The molecule has 0 amide bonds. The lowest BCUT2D eigenvalue weighted by Gasteiger charge is -2.13. The Morgan fingerprint density at radius 3 is 2.38 bits per heavy atom. The van der Waals surface area contributed by atoms with E-state index in [9.17, 15) is 0 Å². The van der Waals surface area contributed by atoms with E-state index in [2.05, 4.69) is 39.9 Å². The van der Waals surface area contributed by atoms with Crippen molar-refractivity contribution in [2.45, 2.75) is 17.8 Å². The minimum absolute atomic E-state index is 0.659. The van der Waals surface area contributed by atoms with Gasteiger partial charge in [0.25, 0.3) is 0 Å². The zero-order valence-electron chi connectivity index (χ0n) is 15.7. The molecule has 0 N–H and O–H groups in total. The molecule has 0 aliphatic rings. The number of para-hydroxylation sites is 1. The molecule has 6 heteroatoms. The van der Waals surface area contributed by atoms with Gasteiger partial charge >= 0.3 is 0 Å². The molecule has 0 bridgehead atoms. The summed E-state index contributed by atoms with van der Waals surface area (Å²) in [7, 11) is 0. The van der Waals surface area contributed by atoms with Gasteiger partial charge in [0.2, 0.25) is 0 Å². The molecule has 0 aliphatic heterocycles. The molecule has 3 aromatic carbocycles. The van der Waals surface area contributed by atoms with Crippen LogP contribution >= 0.6 is 23.4 Å². The van der Waals surface area contributed by atoms with Crippen LogP contribution in [0.15, 0.2) is 78.0 Å². The maximum atomic E-state index is 8.97. The highest BCUT2D eigenvalue weighted by Crippen LogP contribution is 2.31. The number of nitrogens with zero attached hydrogens (tertiary/aromatic N) is 4. The van der Waals surface area contributed by atoms with E-state index in [1.54, 1.807) is 11.8 Å². The summed E-state index contributed by atoms with van der Waals surface area (Å²) in [5.74, 6) is 1.51. The number of thioether (sulfide) groups is 1. The Hall–Kier alpha value is -3.07. The van der Waals surface area contributed by atoms with Crippen LogP contribution in [-0.4, -0.2) is 14.8 Å². The van der Waals surface area contributed by atoms with E-state index in [0.29, 0.717) is 10.6 Å². The van der Waals surface area contributed by atoms with Crippen LogP contribution in [0, 0.1) is 18.3 Å². The van der Waals surface area contributed by atoms with Crippen LogP contribution in [0.1, 0.15) is 16.7 Å². The highest BCUT2D eigenvalue weighted by Gasteiger charge is 2.17. The zero-order valence-corrected chi connectivity index (χ0v) is 17.3. The molecule has 29 heavy (non-hydrogen) atoms. The normalized spacial score (nSPS) is 10.7. The van der Waals surface area contributed by atoms with E-state index in [1.165, 1.54) is 0 Å². The Labute approximate surface area is 178 Å². The zero-order chi connectivity index (χ0) is 20.2. The number of aromatic nitrogens is 3. The number of halogens is 1. The first-order chi connectivity index (χ1) is 14.2. The number of rotatable bonds is 5. The molecule has 0 saturated carbocycles. The molecule has 0 radical (unpaired) electrons. The Morgan fingerprint density at radius 2 is 1.69 bits per heavy atom. The fourth-order valence-electron chi connectivity index (χ4n) is 3.00. The molecule has 142 valence electrons. The smallest absolute Gasteiger partial charge is 0.196 e. The predicted octanol–water partition coefficient (Wildman–Crippen LogP) is 6.06. The maximum absolute atomic E-state index is 8.97. The molecule has 0 unspecified atom stereocenters. The molecular weight excluding hydrogens is 400 g/mol. The molecule has 4 nitrogen and oxygen atoms in total. The van der Waals surface area contributed by atoms with Gasteiger partial charge in [-0.25, -0.2) is 0 Å². The quantitative estimate of drug-likeness (QED) is 0.371. The van der Waals surface area contributed by atoms with Crippen LogP contribution in [0.25, 0.3) is 17.1 Å². The van der Waals surface area contributed by atoms with Crippen molar-refractivity contribution in [3.05, 3.63) is 94.5 Å². The van der Waals surface area contributed by atoms with E-state index in [4.69, 9.17) is 16.9 Å². The summed E-state index contributed by atoms with van der Waals surface area (Å²) in [4.78, 5) is 0. The SMILES string of the molecule is Cc1ccccc1-n1c(SCc2ccc(C#N)cc2)nnc1-c1ccc(Cl)cc1. The molecule has 0 aliphatic carbocycles. The van der Waals surface area contributed by atoms with E-state index >= 15 is 0 Å². The summed E-state index contributed by atoms with van der Waals surface area (Å²) in [6.07, 6.45) is 0. The Bertz CT molecular complexity index is 1170. The van der Waals surface area contributed by atoms with Gasteiger partial charge in [0, 0.05) is 16.3 Å². The molecule has 0 atom stereocenters. The molecular formula is C23H17ClN4S. The molecule has 1 heterocycles. The van der Waals surface area contributed by atoms with E-state index in [0.717, 1.165) is 39.1 Å². The van der Waals surface area contributed by atoms with Crippen LogP contribution in [0.5, 0.6) is 0 Å². The van der Waals surface area contributed by atoms with Crippen molar-refractivity contribution >= 4 is 23.4 Å². The van der Waals surface area contributed by atoms with Gasteiger partial charge in [0.05, 0.1) is 17.3 Å². The minimum Gasteiger partial charge on any atom is -0.270 e. The second-order valence-corrected chi connectivity index (χ2v) is 7.91. The maximum Gasteiger partial charge on any atom is 0.196 e. The van der Waals surface area contributed by atoms with Crippen LogP contribution in [-0.2, 0) is 5.75 Å². The third kappa shape index (κ3) is 4.19. The summed E-state index contributed by atoms with van der Waals surface area (Å²) in [6.45, 7) is 2.08. The average molecular weight is 417 g/mol. The van der Waals surface area contributed by atoms with Gasteiger partial charge in [0.1, 0.15) is 0 Å². The van der Waals surface area contributed by atoms with Gasteiger partial charge in [0.15, 0.2) is 11.0 Å². The second kappa shape index (κ2) is 8.52. The minimum atomic E-state index is 0.659. The van der Waals surface area contributed by atoms with Gasteiger partial charge in [-0.3, -0.25) is 4.57 Å². The molecule has 0 spiro atoms. The Morgan fingerprint density at radius 1 is 0.966 bits per heavy atom. The highest BCUT2D eigenvalue weighted by molar-refractivity contribution is 7.98. The van der Waals surface area contributed by atoms with Crippen LogP contribution < -0.4 is 0 Å². The Kier molecular flexibility index (Phi) is 5.66. The predicted molar refractivity (Wildman–Crippen MR) is 117 cm³/mol.